The second kappa shape index (κ2) is 10.7. The van der Waals surface area contributed by atoms with Crippen LogP contribution in [0.1, 0.15) is 5.56 Å². The average molecular weight is 476 g/mol. The molecule has 0 aliphatic carbocycles. The number of thiazole rings is 1. The first-order valence-corrected chi connectivity index (χ1v) is 11.1. The highest BCUT2D eigenvalue weighted by Crippen LogP contribution is 2.38. The van der Waals surface area contributed by atoms with Gasteiger partial charge >= 0.3 is 0 Å². The third kappa shape index (κ3) is 5.32. The third-order valence-electron chi connectivity index (χ3n) is 4.76. The number of nitrogens with zero attached hydrogens (tertiary/aromatic N) is 3. The lowest BCUT2D eigenvalue weighted by Crippen LogP contribution is -2.35. The predicted octanol–water partition coefficient (Wildman–Crippen LogP) is 4.58. The number of anilines is 1. The molecule has 0 N–H and O–H groups in total. The van der Waals surface area contributed by atoms with E-state index >= 15 is 0 Å². The maximum Gasteiger partial charge on any atom is 0.252 e. The Morgan fingerprint density at radius 2 is 1.72 bits per heavy atom. The maximum atomic E-state index is 13.2. The summed E-state index contributed by atoms with van der Waals surface area (Å²) in [5.41, 5.74) is 1.46. The van der Waals surface area contributed by atoms with Crippen molar-refractivity contribution in [3.8, 4) is 17.2 Å². The van der Waals surface area contributed by atoms with E-state index in [0.29, 0.717) is 46.0 Å². The Morgan fingerprint density at radius 3 is 2.38 bits per heavy atom. The standard InChI is InChI=1S/C23H26ClN3O4S/c1-26(2)12-13-27(23-25-21-18(30-4)10-8-16(24)22(21)32-23)20(28)11-7-15-6-9-17(29-3)19(14-15)31-5/h6-11,14H,12-13H2,1-5H3. The molecule has 0 unspecified atom stereocenters. The molecule has 0 bridgehead atoms. The van der Waals surface area contributed by atoms with Gasteiger partial charge in [-0.25, -0.2) is 4.98 Å². The van der Waals surface area contributed by atoms with Gasteiger partial charge in [0.15, 0.2) is 16.6 Å². The number of likely N-dealkylation sites (N-methyl/N-ethyl adjacent to an activating group) is 1. The molecule has 7 nitrogen and oxygen atoms in total. The molecular weight excluding hydrogens is 450 g/mol. The number of rotatable bonds is 9. The van der Waals surface area contributed by atoms with E-state index in [4.69, 9.17) is 25.8 Å². The van der Waals surface area contributed by atoms with Crippen molar-refractivity contribution < 1.29 is 19.0 Å². The van der Waals surface area contributed by atoms with Gasteiger partial charge in [0.1, 0.15) is 11.3 Å². The molecule has 0 spiro atoms. The summed E-state index contributed by atoms with van der Waals surface area (Å²) in [6.07, 6.45) is 3.27. The fraction of sp³-hybridized carbons (Fsp3) is 0.304. The lowest BCUT2D eigenvalue weighted by molar-refractivity contribution is -0.114. The highest BCUT2D eigenvalue weighted by Gasteiger charge is 2.20. The minimum absolute atomic E-state index is 0.184. The van der Waals surface area contributed by atoms with Crippen LogP contribution in [0.25, 0.3) is 16.3 Å². The van der Waals surface area contributed by atoms with Gasteiger partial charge in [-0.05, 0) is 50.0 Å². The molecule has 170 valence electrons. The smallest absolute Gasteiger partial charge is 0.252 e. The van der Waals surface area contributed by atoms with Crippen LogP contribution in [0.15, 0.2) is 36.4 Å². The first-order valence-electron chi connectivity index (χ1n) is 9.87. The average Bonchev–Trinajstić information content (AvgIpc) is 3.23. The fourth-order valence-corrected chi connectivity index (χ4v) is 4.32. The van der Waals surface area contributed by atoms with E-state index in [2.05, 4.69) is 4.98 Å². The van der Waals surface area contributed by atoms with Crippen molar-refractivity contribution in [2.75, 3.05) is 53.4 Å². The monoisotopic (exact) mass is 475 g/mol. The molecule has 1 aromatic heterocycles. The molecule has 0 fully saturated rings. The van der Waals surface area contributed by atoms with Gasteiger partial charge in [0, 0.05) is 19.2 Å². The number of ether oxygens (including phenoxy) is 3. The topological polar surface area (TPSA) is 64.1 Å². The summed E-state index contributed by atoms with van der Waals surface area (Å²) in [7, 11) is 8.66. The quantitative estimate of drug-likeness (QED) is 0.422. The van der Waals surface area contributed by atoms with Gasteiger partial charge in [-0.15, -0.1) is 0 Å². The number of fused-ring (bicyclic) bond motifs is 1. The van der Waals surface area contributed by atoms with Crippen molar-refractivity contribution in [2.45, 2.75) is 0 Å². The zero-order chi connectivity index (χ0) is 23.3. The normalized spacial score (nSPS) is 11.3. The summed E-state index contributed by atoms with van der Waals surface area (Å²) >= 11 is 7.74. The summed E-state index contributed by atoms with van der Waals surface area (Å²) in [5, 5.41) is 1.14. The largest absolute Gasteiger partial charge is 0.494 e. The molecule has 1 amide bonds. The Kier molecular flexibility index (Phi) is 7.95. The van der Waals surface area contributed by atoms with E-state index in [0.717, 1.165) is 10.3 Å². The summed E-state index contributed by atoms with van der Waals surface area (Å²) in [5.74, 6) is 1.66. The number of hydrogen-bond donors (Lipinski definition) is 0. The van der Waals surface area contributed by atoms with E-state index in [1.165, 1.54) is 17.4 Å². The zero-order valence-corrected chi connectivity index (χ0v) is 20.3. The van der Waals surface area contributed by atoms with E-state index in [-0.39, 0.29) is 5.91 Å². The highest BCUT2D eigenvalue weighted by molar-refractivity contribution is 7.23. The van der Waals surface area contributed by atoms with Crippen molar-refractivity contribution in [2.24, 2.45) is 0 Å². The highest BCUT2D eigenvalue weighted by atomic mass is 35.5. The van der Waals surface area contributed by atoms with E-state index in [9.17, 15) is 4.79 Å². The van der Waals surface area contributed by atoms with Gasteiger partial charge in [-0.2, -0.15) is 0 Å². The molecule has 0 saturated carbocycles. The zero-order valence-electron chi connectivity index (χ0n) is 18.7. The van der Waals surface area contributed by atoms with Crippen LogP contribution in [0.4, 0.5) is 5.13 Å². The van der Waals surface area contributed by atoms with Crippen LogP contribution in [0.2, 0.25) is 5.02 Å². The Labute approximate surface area is 196 Å². The molecule has 3 aromatic rings. The summed E-state index contributed by atoms with van der Waals surface area (Å²) in [4.78, 5) is 21.5. The van der Waals surface area contributed by atoms with Crippen molar-refractivity contribution in [3.05, 3.63) is 47.0 Å². The minimum Gasteiger partial charge on any atom is -0.494 e. The second-order valence-electron chi connectivity index (χ2n) is 7.16. The van der Waals surface area contributed by atoms with Gasteiger partial charge in [0.05, 0.1) is 31.1 Å². The number of carbonyl (C=O) groups is 1. The summed E-state index contributed by atoms with van der Waals surface area (Å²) in [6.45, 7) is 1.15. The first-order chi connectivity index (χ1) is 15.4. The van der Waals surface area contributed by atoms with Crippen LogP contribution in [0.5, 0.6) is 17.2 Å². The van der Waals surface area contributed by atoms with Crippen molar-refractivity contribution in [3.63, 3.8) is 0 Å². The maximum absolute atomic E-state index is 13.2. The number of hydrogen-bond acceptors (Lipinski definition) is 7. The van der Waals surface area contributed by atoms with Gasteiger partial charge in [-0.3, -0.25) is 9.69 Å². The van der Waals surface area contributed by atoms with Crippen molar-refractivity contribution in [1.82, 2.24) is 9.88 Å². The number of methoxy groups -OCH3 is 3. The fourth-order valence-electron chi connectivity index (χ4n) is 3.04. The molecule has 0 radical (unpaired) electrons. The first kappa shape index (κ1) is 23.8. The Morgan fingerprint density at radius 1 is 1.03 bits per heavy atom. The molecule has 0 aliphatic heterocycles. The predicted molar refractivity (Wildman–Crippen MR) is 131 cm³/mol. The molecule has 2 aromatic carbocycles. The van der Waals surface area contributed by atoms with E-state index < -0.39 is 0 Å². The van der Waals surface area contributed by atoms with Crippen molar-refractivity contribution >= 4 is 50.3 Å². The van der Waals surface area contributed by atoms with Crippen molar-refractivity contribution in [1.29, 1.82) is 0 Å². The number of aromatic nitrogens is 1. The van der Waals surface area contributed by atoms with Crippen LogP contribution in [0.3, 0.4) is 0 Å². The number of carbonyl (C=O) groups excluding carboxylic acids is 1. The van der Waals surface area contributed by atoms with Gasteiger partial charge in [-0.1, -0.05) is 29.0 Å². The number of benzene rings is 2. The number of amides is 1. The van der Waals surface area contributed by atoms with Crippen LogP contribution in [-0.4, -0.2) is 64.3 Å². The van der Waals surface area contributed by atoms with Crippen LogP contribution in [-0.2, 0) is 4.79 Å². The molecule has 0 saturated heterocycles. The molecule has 0 atom stereocenters. The minimum atomic E-state index is -0.184. The molecule has 9 heteroatoms. The molecule has 3 rings (SSSR count). The summed E-state index contributed by atoms with van der Waals surface area (Å²) < 4.78 is 16.8. The molecule has 1 heterocycles. The Balaban J connectivity index is 1.93. The van der Waals surface area contributed by atoms with Crippen LogP contribution >= 0.6 is 22.9 Å². The van der Waals surface area contributed by atoms with Crippen LogP contribution in [0, 0.1) is 0 Å². The molecule has 0 aliphatic rings. The molecular formula is C23H26ClN3O4S. The van der Waals surface area contributed by atoms with Gasteiger partial charge < -0.3 is 19.1 Å². The lowest BCUT2D eigenvalue weighted by atomic mass is 10.2. The van der Waals surface area contributed by atoms with E-state index in [1.807, 2.05) is 31.1 Å². The SMILES string of the molecule is COc1ccc(C=CC(=O)N(CCN(C)C)c2nc3c(OC)ccc(Cl)c3s2)cc1OC. The van der Waals surface area contributed by atoms with Gasteiger partial charge in [0.2, 0.25) is 0 Å². The van der Waals surface area contributed by atoms with Crippen LogP contribution < -0.4 is 19.1 Å². The third-order valence-corrected chi connectivity index (χ3v) is 6.30. The Bertz CT molecular complexity index is 1130. The van der Waals surface area contributed by atoms with Gasteiger partial charge in [0.25, 0.3) is 5.91 Å². The Hall–Kier alpha value is -2.81. The number of halogens is 1. The molecule has 32 heavy (non-hydrogen) atoms. The lowest BCUT2D eigenvalue weighted by Gasteiger charge is -2.20. The second-order valence-corrected chi connectivity index (χ2v) is 8.55. The summed E-state index contributed by atoms with van der Waals surface area (Å²) in [6, 6.07) is 9.02. The van der Waals surface area contributed by atoms with E-state index in [1.54, 1.807) is 50.5 Å².